The summed E-state index contributed by atoms with van der Waals surface area (Å²) in [7, 11) is 2.83. The summed E-state index contributed by atoms with van der Waals surface area (Å²) in [6, 6.07) is 4.20. The lowest BCUT2D eigenvalue weighted by Crippen LogP contribution is -2.24. The highest BCUT2D eigenvalue weighted by molar-refractivity contribution is 6.30. The molecule has 1 aliphatic heterocycles. The average molecular weight is 398 g/mol. The van der Waals surface area contributed by atoms with E-state index in [0.717, 1.165) is 12.8 Å². The van der Waals surface area contributed by atoms with Crippen molar-refractivity contribution in [2.24, 2.45) is 0 Å². The first-order valence-electron chi connectivity index (χ1n) is 9.47. The van der Waals surface area contributed by atoms with Gasteiger partial charge in [0.05, 0.1) is 43.1 Å². The minimum Gasteiger partial charge on any atom is -0.507 e. The van der Waals surface area contributed by atoms with Crippen molar-refractivity contribution in [3.8, 4) is 23.0 Å². The number of hydrogen-bond donors (Lipinski definition) is 2. The number of ketones is 2. The summed E-state index contributed by atoms with van der Waals surface area (Å²) in [5.74, 6) is -1.18. The van der Waals surface area contributed by atoms with Crippen LogP contribution in [0.4, 0.5) is 0 Å². The maximum absolute atomic E-state index is 13.3. The van der Waals surface area contributed by atoms with Crippen LogP contribution in [-0.4, -0.2) is 42.1 Å². The Morgan fingerprint density at radius 3 is 2.34 bits per heavy atom. The molecule has 2 aromatic carbocycles. The van der Waals surface area contributed by atoms with Crippen molar-refractivity contribution in [2.45, 2.75) is 38.4 Å². The van der Waals surface area contributed by atoms with Gasteiger partial charge < -0.3 is 24.4 Å². The van der Waals surface area contributed by atoms with E-state index in [2.05, 4.69) is 0 Å². The van der Waals surface area contributed by atoms with Gasteiger partial charge in [0.25, 0.3) is 0 Å². The van der Waals surface area contributed by atoms with E-state index in [1.807, 2.05) is 6.92 Å². The van der Waals surface area contributed by atoms with Crippen LogP contribution in [0.3, 0.4) is 0 Å². The van der Waals surface area contributed by atoms with Crippen LogP contribution in [-0.2, 0) is 4.74 Å². The van der Waals surface area contributed by atoms with Gasteiger partial charge in [-0.2, -0.15) is 0 Å². The van der Waals surface area contributed by atoms with Crippen LogP contribution >= 0.6 is 0 Å². The van der Waals surface area contributed by atoms with Gasteiger partial charge in [-0.15, -0.1) is 0 Å². The van der Waals surface area contributed by atoms with E-state index in [-0.39, 0.29) is 45.4 Å². The number of phenols is 2. The van der Waals surface area contributed by atoms with E-state index in [4.69, 9.17) is 14.2 Å². The molecule has 7 heteroatoms. The molecule has 2 unspecified atom stereocenters. The Morgan fingerprint density at radius 2 is 1.69 bits per heavy atom. The van der Waals surface area contributed by atoms with Crippen molar-refractivity contribution in [3.63, 3.8) is 0 Å². The molecule has 0 bridgehead atoms. The molecule has 2 aromatic rings. The average Bonchev–Trinajstić information content (AvgIpc) is 2.70. The lowest BCUT2D eigenvalue weighted by molar-refractivity contribution is -0.0433. The van der Waals surface area contributed by atoms with Crippen molar-refractivity contribution in [1.82, 2.24) is 0 Å². The summed E-state index contributed by atoms with van der Waals surface area (Å²) in [5, 5.41) is 21.5. The molecule has 0 saturated carbocycles. The Labute approximate surface area is 167 Å². The maximum Gasteiger partial charge on any atom is 0.201 e. The second-order valence-electron chi connectivity index (χ2n) is 7.36. The Balaban J connectivity index is 1.92. The van der Waals surface area contributed by atoms with Gasteiger partial charge in [-0.05, 0) is 38.3 Å². The van der Waals surface area contributed by atoms with E-state index < -0.39 is 23.4 Å². The van der Waals surface area contributed by atoms with E-state index in [1.165, 1.54) is 32.4 Å². The van der Waals surface area contributed by atoms with Crippen molar-refractivity contribution in [3.05, 3.63) is 46.0 Å². The third-order valence-corrected chi connectivity index (χ3v) is 5.59. The molecule has 7 nitrogen and oxygen atoms in total. The van der Waals surface area contributed by atoms with Crippen LogP contribution in [0.25, 0.3) is 0 Å². The highest BCUT2D eigenvalue weighted by atomic mass is 16.5. The van der Waals surface area contributed by atoms with Crippen LogP contribution < -0.4 is 9.47 Å². The zero-order chi connectivity index (χ0) is 20.9. The van der Waals surface area contributed by atoms with Gasteiger partial charge in [0, 0.05) is 17.2 Å². The summed E-state index contributed by atoms with van der Waals surface area (Å²) in [5.41, 5.74) is 0.122. The maximum atomic E-state index is 13.3. The van der Waals surface area contributed by atoms with Crippen molar-refractivity contribution < 1.29 is 34.0 Å². The predicted octanol–water partition coefficient (Wildman–Crippen LogP) is 3.52. The third kappa shape index (κ3) is 2.93. The first-order chi connectivity index (χ1) is 13.9. The van der Waals surface area contributed by atoms with Crippen LogP contribution in [0, 0.1) is 0 Å². The van der Waals surface area contributed by atoms with E-state index in [0.29, 0.717) is 12.2 Å². The number of carbonyl (C=O) groups is 2. The molecule has 2 aliphatic rings. The molecule has 1 heterocycles. The van der Waals surface area contributed by atoms with E-state index >= 15 is 0 Å². The number of rotatable bonds is 3. The monoisotopic (exact) mass is 398 g/mol. The van der Waals surface area contributed by atoms with E-state index in [1.54, 1.807) is 0 Å². The number of benzene rings is 2. The molecular formula is C22H22O7. The SMILES string of the molecule is COc1cc(OC)c2c(c1)C(=O)c1cc(O)c(C3CCCC(C)O3)c(O)c1C2=O. The second kappa shape index (κ2) is 7.08. The molecule has 29 heavy (non-hydrogen) atoms. The Bertz CT molecular complexity index is 1020. The zero-order valence-electron chi connectivity index (χ0n) is 16.4. The van der Waals surface area contributed by atoms with Crippen molar-refractivity contribution in [2.75, 3.05) is 14.2 Å². The number of carbonyl (C=O) groups excluding carboxylic acids is 2. The highest BCUT2D eigenvalue weighted by Crippen LogP contribution is 2.47. The largest absolute Gasteiger partial charge is 0.507 e. The molecule has 0 aromatic heterocycles. The molecule has 2 atom stereocenters. The standard InChI is InChI=1S/C22H22O7/c1-10-5-4-6-15(29-10)19-14(23)9-13-18(22(19)26)21(25)17-12(20(13)24)7-11(27-2)8-16(17)28-3/h7-10,15,23,26H,4-6H2,1-3H3. The Kier molecular flexibility index (Phi) is 4.70. The molecule has 1 aliphatic carbocycles. The van der Waals surface area contributed by atoms with Gasteiger partial charge in [0.2, 0.25) is 5.78 Å². The quantitative estimate of drug-likeness (QED) is 0.696. The fourth-order valence-electron chi connectivity index (χ4n) is 4.17. The van der Waals surface area contributed by atoms with Gasteiger partial charge in [-0.25, -0.2) is 0 Å². The number of ether oxygens (including phenoxy) is 3. The summed E-state index contributed by atoms with van der Waals surface area (Å²) in [4.78, 5) is 26.4. The summed E-state index contributed by atoms with van der Waals surface area (Å²) >= 11 is 0. The number of hydrogen-bond acceptors (Lipinski definition) is 7. The second-order valence-corrected chi connectivity index (χ2v) is 7.36. The normalized spacial score (nSPS) is 20.8. The van der Waals surface area contributed by atoms with Gasteiger partial charge in [0.15, 0.2) is 5.78 Å². The predicted molar refractivity (Wildman–Crippen MR) is 103 cm³/mol. The molecule has 2 N–H and O–H groups in total. The van der Waals surface area contributed by atoms with Crippen molar-refractivity contribution >= 4 is 11.6 Å². The van der Waals surface area contributed by atoms with Gasteiger partial charge in [-0.3, -0.25) is 9.59 Å². The molecule has 0 amide bonds. The summed E-state index contributed by atoms with van der Waals surface area (Å²) in [6.07, 6.45) is 1.77. The third-order valence-electron chi connectivity index (χ3n) is 5.59. The highest BCUT2D eigenvalue weighted by Gasteiger charge is 2.39. The van der Waals surface area contributed by atoms with Crippen LogP contribution in [0.2, 0.25) is 0 Å². The topological polar surface area (TPSA) is 102 Å². The van der Waals surface area contributed by atoms with Crippen LogP contribution in [0.1, 0.15) is 69.7 Å². The Hall–Kier alpha value is -3.06. The smallest absolute Gasteiger partial charge is 0.201 e. The molecule has 1 fully saturated rings. The number of methoxy groups -OCH3 is 2. The van der Waals surface area contributed by atoms with Crippen LogP contribution in [0.5, 0.6) is 23.0 Å². The fourth-order valence-corrected chi connectivity index (χ4v) is 4.17. The fraction of sp³-hybridized carbons (Fsp3) is 0.364. The van der Waals surface area contributed by atoms with Crippen LogP contribution in [0.15, 0.2) is 18.2 Å². The lowest BCUT2D eigenvalue weighted by Gasteiger charge is -2.30. The lowest BCUT2D eigenvalue weighted by atomic mass is 9.80. The first kappa shape index (κ1) is 19.3. The van der Waals surface area contributed by atoms with Crippen molar-refractivity contribution in [1.29, 1.82) is 0 Å². The van der Waals surface area contributed by atoms with Gasteiger partial charge >= 0.3 is 0 Å². The minimum atomic E-state index is -0.550. The number of phenolic OH excluding ortho intramolecular Hbond substituents is 2. The Morgan fingerprint density at radius 1 is 0.966 bits per heavy atom. The number of fused-ring (bicyclic) bond motifs is 2. The molecule has 0 spiro atoms. The van der Waals surface area contributed by atoms with Gasteiger partial charge in [0.1, 0.15) is 23.0 Å². The molecular weight excluding hydrogens is 376 g/mol. The van der Waals surface area contributed by atoms with E-state index in [9.17, 15) is 19.8 Å². The minimum absolute atomic E-state index is 0.0331. The van der Waals surface area contributed by atoms with Gasteiger partial charge in [-0.1, -0.05) is 0 Å². The molecule has 4 rings (SSSR count). The first-order valence-corrected chi connectivity index (χ1v) is 9.47. The molecule has 152 valence electrons. The zero-order valence-corrected chi connectivity index (χ0v) is 16.4. The summed E-state index contributed by atoms with van der Waals surface area (Å²) < 4.78 is 16.4. The number of aromatic hydroxyl groups is 2. The summed E-state index contributed by atoms with van der Waals surface area (Å²) in [6.45, 7) is 1.92. The molecule has 0 radical (unpaired) electrons. The molecule has 1 saturated heterocycles.